The van der Waals surface area contributed by atoms with Crippen LogP contribution in [0.25, 0.3) is 0 Å². The normalized spacial score (nSPS) is 26.4. The van der Waals surface area contributed by atoms with Crippen molar-refractivity contribution in [2.75, 3.05) is 27.2 Å². The lowest BCUT2D eigenvalue weighted by atomic mass is 10.0. The van der Waals surface area contributed by atoms with Gasteiger partial charge in [-0.25, -0.2) is 0 Å². The van der Waals surface area contributed by atoms with Gasteiger partial charge in [-0.1, -0.05) is 0 Å². The summed E-state index contributed by atoms with van der Waals surface area (Å²) in [6.07, 6.45) is 0.143. The van der Waals surface area contributed by atoms with Crippen LogP contribution in [0.15, 0.2) is 0 Å². The monoisotopic (exact) mass is 214 g/mol. The molecule has 0 radical (unpaired) electrons. The molecule has 1 aliphatic heterocycles. The molecule has 0 unspecified atom stereocenters. The van der Waals surface area contributed by atoms with E-state index in [1.807, 2.05) is 19.0 Å². The summed E-state index contributed by atoms with van der Waals surface area (Å²) in [4.78, 5) is 26.1. The molecule has 0 spiro atoms. The van der Waals surface area contributed by atoms with Crippen molar-refractivity contribution in [3.8, 4) is 0 Å². The molecule has 0 aromatic carbocycles. The number of carboxylic acids is 1. The van der Waals surface area contributed by atoms with Gasteiger partial charge in [-0.3, -0.25) is 9.59 Å². The Hall–Kier alpha value is -1.10. The first-order valence-electron chi connectivity index (χ1n) is 5.10. The molecule has 0 aromatic heterocycles. The molecule has 0 saturated carbocycles. The lowest BCUT2D eigenvalue weighted by Gasteiger charge is -2.24. The molecule has 0 aromatic rings. The Balaban J connectivity index is 2.58. The van der Waals surface area contributed by atoms with Gasteiger partial charge in [0.1, 0.15) is 0 Å². The van der Waals surface area contributed by atoms with Crippen LogP contribution in [0.2, 0.25) is 0 Å². The summed E-state index contributed by atoms with van der Waals surface area (Å²) in [6.45, 7) is 3.18. The molecule has 2 atom stereocenters. The first-order valence-corrected chi connectivity index (χ1v) is 5.10. The second-order valence-electron chi connectivity index (χ2n) is 4.28. The van der Waals surface area contributed by atoms with Crippen LogP contribution in [0.1, 0.15) is 13.3 Å². The number of likely N-dealkylation sites (tertiary alicyclic amines) is 1. The Morgan fingerprint density at radius 2 is 2.20 bits per heavy atom. The van der Waals surface area contributed by atoms with E-state index in [0.29, 0.717) is 6.54 Å². The largest absolute Gasteiger partial charge is 0.481 e. The van der Waals surface area contributed by atoms with Crippen molar-refractivity contribution in [1.29, 1.82) is 0 Å². The van der Waals surface area contributed by atoms with Gasteiger partial charge in [0.2, 0.25) is 5.91 Å². The maximum Gasteiger partial charge on any atom is 0.309 e. The number of carbonyl (C=O) groups is 2. The second kappa shape index (κ2) is 4.61. The van der Waals surface area contributed by atoms with Crippen LogP contribution in [0.5, 0.6) is 0 Å². The van der Waals surface area contributed by atoms with Crippen LogP contribution in [-0.2, 0) is 9.59 Å². The third kappa shape index (κ3) is 2.68. The molecular weight excluding hydrogens is 196 g/mol. The van der Waals surface area contributed by atoms with Crippen LogP contribution in [0, 0.1) is 5.92 Å². The number of aliphatic carboxylic acids is 1. The van der Waals surface area contributed by atoms with E-state index in [-0.39, 0.29) is 18.4 Å². The van der Waals surface area contributed by atoms with Crippen molar-refractivity contribution in [3.05, 3.63) is 0 Å². The molecule has 1 fully saturated rings. The zero-order chi connectivity index (χ0) is 11.6. The Kier molecular flexibility index (Phi) is 3.68. The fourth-order valence-corrected chi connectivity index (χ4v) is 1.85. The molecule has 1 amide bonds. The summed E-state index contributed by atoms with van der Waals surface area (Å²) in [5, 5.41) is 8.91. The first kappa shape index (κ1) is 12.0. The molecule has 1 saturated heterocycles. The smallest absolute Gasteiger partial charge is 0.309 e. The van der Waals surface area contributed by atoms with Crippen molar-refractivity contribution in [1.82, 2.24) is 9.80 Å². The average Bonchev–Trinajstić information content (AvgIpc) is 2.39. The predicted molar refractivity (Wildman–Crippen MR) is 55.5 cm³/mol. The molecule has 1 N–H and O–H groups in total. The third-order valence-electron chi connectivity index (χ3n) is 2.89. The lowest BCUT2D eigenvalue weighted by molar-refractivity contribution is -0.142. The minimum atomic E-state index is -0.872. The van der Waals surface area contributed by atoms with Crippen LogP contribution in [-0.4, -0.2) is 60.0 Å². The highest BCUT2D eigenvalue weighted by atomic mass is 16.4. The summed E-state index contributed by atoms with van der Waals surface area (Å²) in [5.74, 6) is -1.46. The van der Waals surface area contributed by atoms with E-state index in [4.69, 9.17) is 5.11 Å². The summed E-state index contributed by atoms with van der Waals surface area (Å²) >= 11 is 0. The van der Waals surface area contributed by atoms with E-state index in [0.717, 1.165) is 6.54 Å². The number of carbonyl (C=O) groups excluding carboxylic acids is 1. The Bertz CT molecular complexity index is 265. The van der Waals surface area contributed by atoms with Gasteiger partial charge in [-0.05, 0) is 21.0 Å². The molecule has 0 aliphatic carbocycles. The van der Waals surface area contributed by atoms with E-state index in [2.05, 4.69) is 0 Å². The molecular formula is C10H18N2O3. The van der Waals surface area contributed by atoms with Gasteiger partial charge in [0, 0.05) is 25.6 Å². The van der Waals surface area contributed by atoms with Crippen molar-refractivity contribution in [3.63, 3.8) is 0 Å². The van der Waals surface area contributed by atoms with E-state index in [9.17, 15) is 9.59 Å². The van der Waals surface area contributed by atoms with Gasteiger partial charge in [-0.15, -0.1) is 0 Å². The molecule has 0 bridgehead atoms. The molecule has 15 heavy (non-hydrogen) atoms. The van der Waals surface area contributed by atoms with Crippen LogP contribution >= 0.6 is 0 Å². The van der Waals surface area contributed by atoms with Gasteiger partial charge in [-0.2, -0.15) is 0 Å². The van der Waals surface area contributed by atoms with Gasteiger partial charge in [0.05, 0.1) is 5.92 Å². The van der Waals surface area contributed by atoms with Crippen molar-refractivity contribution in [2.45, 2.75) is 19.4 Å². The summed E-state index contributed by atoms with van der Waals surface area (Å²) < 4.78 is 0. The molecule has 5 heteroatoms. The summed E-state index contributed by atoms with van der Waals surface area (Å²) in [5.41, 5.74) is 0. The van der Waals surface area contributed by atoms with Gasteiger partial charge < -0.3 is 14.9 Å². The Labute approximate surface area is 89.7 Å². The Morgan fingerprint density at radius 3 is 2.60 bits per heavy atom. The van der Waals surface area contributed by atoms with Crippen LogP contribution < -0.4 is 0 Å². The third-order valence-corrected chi connectivity index (χ3v) is 2.89. The van der Waals surface area contributed by atoms with Gasteiger partial charge in [0.25, 0.3) is 0 Å². The van der Waals surface area contributed by atoms with Crippen LogP contribution in [0.3, 0.4) is 0 Å². The summed E-state index contributed by atoms with van der Waals surface area (Å²) in [6, 6.07) is -0.185. The first-order chi connectivity index (χ1) is 6.93. The lowest BCUT2D eigenvalue weighted by Crippen LogP contribution is -2.39. The maximum absolute atomic E-state index is 11.6. The van der Waals surface area contributed by atoms with Gasteiger partial charge >= 0.3 is 5.97 Å². The van der Waals surface area contributed by atoms with Crippen molar-refractivity contribution >= 4 is 11.9 Å². The molecule has 1 rings (SSSR count). The molecule has 5 nitrogen and oxygen atoms in total. The number of likely N-dealkylation sites (N-methyl/N-ethyl adjacent to an activating group) is 1. The standard InChI is InChI=1S/C10H18N2O3/c1-7-8(10(14)15)6-9(13)12(7)5-4-11(2)3/h7-8H,4-6H2,1-3H3,(H,14,15)/t7-,8+/m1/s1. The highest BCUT2D eigenvalue weighted by molar-refractivity contribution is 5.86. The number of hydrogen-bond donors (Lipinski definition) is 1. The number of rotatable bonds is 4. The molecule has 1 aliphatic rings. The number of hydrogen-bond acceptors (Lipinski definition) is 3. The summed E-state index contributed by atoms with van der Waals surface area (Å²) in [7, 11) is 3.86. The number of nitrogens with zero attached hydrogens (tertiary/aromatic N) is 2. The fraction of sp³-hybridized carbons (Fsp3) is 0.800. The quantitative estimate of drug-likeness (QED) is 0.708. The second-order valence-corrected chi connectivity index (χ2v) is 4.28. The minimum Gasteiger partial charge on any atom is -0.481 e. The molecule has 1 heterocycles. The zero-order valence-electron chi connectivity index (χ0n) is 9.43. The predicted octanol–water partition coefficient (Wildman–Crippen LogP) is -0.130. The van der Waals surface area contributed by atoms with Gasteiger partial charge in [0.15, 0.2) is 0 Å². The van der Waals surface area contributed by atoms with Crippen molar-refractivity contribution in [2.24, 2.45) is 5.92 Å². The topological polar surface area (TPSA) is 60.9 Å². The SMILES string of the molecule is C[C@@H]1[C@@H](C(=O)O)CC(=O)N1CCN(C)C. The number of carboxylic acid groups (broad SMARTS) is 1. The fourth-order valence-electron chi connectivity index (χ4n) is 1.85. The average molecular weight is 214 g/mol. The Morgan fingerprint density at radius 1 is 1.60 bits per heavy atom. The maximum atomic E-state index is 11.6. The minimum absolute atomic E-state index is 0.0447. The number of amides is 1. The highest BCUT2D eigenvalue weighted by Gasteiger charge is 2.40. The highest BCUT2D eigenvalue weighted by Crippen LogP contribution is 2.25. The molecule has 86 valence electrons. The van der Waals surface area contributed by atoms with Crippen LogP contribution in [0.4, 0.5) is 0 Å². The zero-order valence-corrected chi connectivity index (χ0v) is 9.43. The van der Waals surface area contributed by atoms with E-state index in [1.54, 1.807) is 11.8 Å². The van der Waals surface area contributed by atoms with E-state index in [1.165, 1.54) is 0 Å². The van der Waals surface area contributed by atoms with E-state index >= 15 is 0 Å². The van der Waals surface area contributed by atoms with E-state index < -0.39 is 11.9 Å². The van der Waals surface area contributed by atoms with Crippen molar-refractivity contribution < 1.29 is 14.7 Å².